The molecule has 4 rings (SSSR count). The average Bonchev–Trinajstić information content (AvgIpc) is 2.71. The second-order valence-electron chi connectivity index (χ2n) is 7.19. The van der Waals surface area contributed by atoms with Crippen molar-refractivity contribution < 1.29 is 35.1 Å². The molecule has 0 fully saturated rings. The van der Waals surface area contributed by atoms with Gasteiger partial charge in [0.25, 0.3) is 0 Å². The average molecular weight is 406 g/mol. The van der Waals surface area contributed by atoms with Crippen molar-refractivity contribution in [2.45, 2.75) is 19.3 Å². The van der Waals surface area contributed by atoms with E-state index in [0.717, 1.165) is 0 Å². The van der Waals surface area contributed by atoms with Crippen molar-refractivity contribution in [3.63, 3.8) is 0 Å². The van der Waals surface area contributed by atoms with Gasteiger partial charge in [-0.2, -0.15) is 0 Å². The summed E-state index contributed by atoms with van der Waals surface area (Å²) in [5, 5.41) is 49.3. The molecule has 3 aromatic carbocycles. The SMILES string of the molecule is O=C1c2cccc(O)c2C(=O)c2c1ccc(CCCc1cc(O)c(O)c(O)c1)c2O. The minimum absolute atomic E-state index is 0.0905. The maximum Gasteiger partial charge on any atom is 0.201 e. The number of ketones is 2. The topological polar surface area (TPSA) is 135 Å². The van der Waals surface area contributed by atoms with Gasteiger partial charge in [0.15, 0.2) is 23.0 Å². The summed E-state index contributed by atoms with van der Waals surface area (Å²) < 4.78 is 0. The van der Waals surface area contributed by atoms with Gasteiger partial charge in [0, 0.05) is 11.1 Å². The van der Waals surface area contributed by atoms with Gasteiger partial charge in [-0.25, -0.2) is 0 Å². The molecule has 7 heteroatoms. The van der Waals surface area contributed by atoms with Crippen LogP contribution in [0.3, 0.4) is 0 Å². The van der Waals surface area contributed by atoms with Crippen LogP contribution >= 0.6 is 0 Å². The second-order valence-corrected chi connectivity index (χ2v) is 7.19. The lowest BCUT2D eigenvalue weighted by Gasteiger charge is -2.20. The van der Waals surface area contributed by atoms with Crippen molar-refractivity contribution in [2.75, 3.05) is 0 Å². The highest BCUT2D eigenvalue weighted by molar-refractivity contribution is 6.30. The molecule has 30 heavy (non-hydrogen) atoms. The lowest BCUT2D eigenvalue weighted by atomic mass is 9.82. The van der Waals surface area contributed by atoms with Crippen LogP contribution in [0.15, 0.2) is 42.5 Å². The van der Waals surface area contributed by atoms with Gasteiger partial charge in [0.05, 0.1) is 11.1 Å². The van der Waals surface area contributed by atoms with Gasteiger partial charge in [-0.3, -0.25) is 9.59 Å². The maximum atomic E-state index is 12.9. The third kappa shape index (κ3) is 3.00. The predicted molar refractivity (Wildman–Crippen MR) is 107 cm³/mol. The van der Waals surface area contributed by atoms with Gasteiger partial charge in [-0.15, -0.1) is 0 Å². The van der Waals surface area contributed by atoms with Crippen molar-refractivity contribution in [3.05, 3.63) is 75.8 Å². The van der Waals surface area contributed by atoms with Crippen molar-refractivity contribution in [1.29, 1.82) is 0 Å². The van der Waals surface area contributed by atoms with Crippen molar-refractivity contribution in [1.82, 2.24) is 0 Å². The fourth-order valence-corrected chi connectivity index (χ4v) is 3.78. The van der Waals surface area contributed by atoms with E-state index in [1.165, 1.54) is 36.4 Å². The largest absolute Gasteiger partial charge is 0.507 e. The number of hydrogen-bond acceptors (Lipinski definition) is 7. The number of fused-ring (bicyclic) bond motifs is 2. The molecular weight excluding hydrogens is 388 g/mol. The third-order valence-corrected chi connectivity index (χ3v) is 5.29. The normalized spacial score (nSPS) is 12.5. The highest BCUT2D eigenvalue weighted by Gasteiger charge is 2.34. The monoisotopic (exact) mass is 406 g/mol. The molecule has 0 amide bonds. The fraction of sp³-hybridized carbons (Fsp3) is 0.130. The zero-order valence-electron chi connectivity index (χ0n) is 15.7. The Morgan fingerprint density at radius 2 is 1.30 bits per heavy atom. The highest BCUT2D eigenvalue weighted by Crippen LogP contribution is 2.39. The first kappa shape index (κ1) is 19.3. The van der Waals surface area contributed by atoms with E-state index in [4.69, 9.17) is 0 Å². The number of carbonyl (C=O) groups excluding carboxylic acids is 2. The Morgan fingerprint density at radius 3 is 2.00 bits per heavy atom. The summed E-state index contributed by atoms with van der Waals surface area (Å²) in [6.07, 6.45) is 1.28. The number of carbonyl (C=O) groups is 2. The van der Waals surface area contributed by atoms with Gasteiger partial charge in [-0.05, 0) is 54.7 Å². The molecule has 0 atom stereocenters. The van der Waals surface area contributed by atoms with Crippen LogP contribution in [0.2, 0.25) is 0 Å². The van der Waals surface area contributed by atoms with Crippen LogP contribution in [-0.2, 0) is 12.8 Å². The number of aryl methyl sites for hydroxylation is 2. The van der Waals surface area contributed by atoms with Crippen LogP contribution in [0, 0.1) is 0 Å². The van der Waals surface area contributed by atoms with E-state index in [1.54, 1.807) is 6.07 Å². The Labute approximate surface area is 171 Å². The van der Waals surface area contributed by atoms with Crippen LogP contribution in [-0.4, -0.2) is 37.1 Å². The van der Waals surface area contributed by atoms with E-state index in [1.807, 2.05) is 0 Å². The molecular formula is C23H18O7. The summed E-state index contributed by atoms with van der Waals surface area (Å²) in [7, 11) is 0. The number of benzene rings is 3. The number of phenols is 5. The molecule has 0 aromatic heterocycles. The lowest BCUT2D eigenvalue weighted by Crippen LogP contribution is -2.21. The van der Waals surface area contributed by atoms with E-state index < -0.39 is 28.8 Å². The molecule has 0 unspecified atom stereocenters. The van der Waals surface area contributed by atoms with E-state index in [2.05, 4.69) is 0 Å². The first-order chi connectivity index (χ1) is 14.3. The Morgan fingerprint density at radius 1 is 0.633 bits per heavy atom. The van der Waals surface area contributed by atoms with Gasteiger partial charge in [-0.1, -0.05) is 18.2 Å². The predicted octanol–water partition coefficient (Wildman–Crippen LogP) is 3.17. The van der Waals surface area contributed by atoms with Gasteiger partial charge >= 0.3 is 0 Å². The Balaban J connectivity index is 1.60. The molecule has 5 N–H and O–H groups in total. The minimum Gasteiger partial charge on any atom is -0.507 e. The lowest BCUT2D eigenvalue weighted by molar-refractivity contribution is 0.0974. The Bertz CT molecular complexity index is 1190. The molecule has 0 heterocycles. The summed E-state index contributed by atoms with van der Waals surface area (Å²) in [5.41, 5.74) is 1.01. The summed E-state index contributed by atoms with van der Waals surface area (Å²) in [6.45, 7) is 0. The molecule has 1 aliphatic carbocycles. The second kappa shape index (κ2) is 7.11. The fourth-order valence-electron chi connectivity index (χ4n) is 3.78. The van der Waals surface area contributed by atoms with Gasteiger partial charge < -0.3 is 25.5 Å². The number of phenolic OH excluding ortho intramolecular Hbond substituents is 5. The first-order valence-corrected chi connectivity index (χ1v) is 9.29. The third-order valence-electron chi connectivity index (χ3n) is 5.29. The van der Waals surface area contributed by atoms with Gasteiger partial charge in [0.2, 0.25) is 5.78 Å². The molecule has 3 aromatic rings. The molecule has 0 saturated carbocycles. The zero-order valence-corrected chi connectivity index (χ0v) is 15.7. The molecule has 152 valence electrons. The van der Waals surface area contributed by atoms with Crippen LogP contribution in [0.25, 0.3) is 0 Å². The van der Waals surface area contributed by atoms with Crippen LogP contribution in [0.5, 0.6) is 28.7 Å². The van der Waals surface area contributed by atoms with E-state index in [0.29, 0.717) is 30.4 Å². The minimum atomic E-state index is -0.606. The first-order valence-electron chi connectivity index (χ1n) is 9.29. The number of aromatic hydroxyl groups is 5. The summed E-state index contributed by atoms with van der Waals surface area (Å²) in [4.78, 5) is 25.6. The summed E-state index contributed by atoms with van der Waals surface area (Å²) in [6, 6.07) is 10.0. The van der Waals surface area contributed by atoms with E-state index >= 15 is 0 Å². The standard InChI is InChI=1S/C23H18O7/c24-15-6-2-5-13-18(15)23(30)19-14(21(13)28)8-7-12(20(19)27)4-1-3-11-9-16(25)22(29)17(26)10-11/h2,5-10,24-27,29H,1,3-4H2. The zero-order chi connectivity index (χ0) is 21.6. The summed E-state index contributed by atoms with van der Waals surface area (Å²) in [5.74, 6) is -3.09. The van der Waals surface area contributed by atoms with E-state index in [-0.39, 0.29) is 33.8 Å². The van der Waals surface area contributed by atoms with Crippen molar-refractivity contribution in [2.24, 2.45) is 0 Å². The molecule has 0 radical (unpaired) electrons. The maximum absolute atomic E-state index is 12.9. The number of rotatable bonds is 4. The molecule has 0 spiro atoms. The van der Waals surface area contributed by atoms with Crippen molar-refractivity contribution >= 4 is 11.6 Å². The highest BCUT2D eigenvalue weighted by atomic mass is 16.3. The van der Waals surface area contributed by atoms with Crippen LogP contribution in [0.1, 0.15) is 49.4 Å². The van der Waals surface area contributed by atoms with Gasteiger partial charge in [0.1, 0.15) is 11.5 Å². The van der Waals surface area contributed by atoms with E-state index in [9.17, 15) is 35.1 Å². The molecule has 0 bridgehead atoms. The molecule has 7 nitrogen and oxygen atoms in total. The molecule has 0 aliphatic heterocycles. The van der Waals surface area contributed by atoms with Crippen LogP contribution in [0.4, 0.5) is 0 Å². The molecule has 0 saturated heterocycles. The Kier molecular flexibility index (Phi) is 4.58. The quantitative estimate of drug-likeness (QED) is 0.329. The Hall–Kier alpha value is -4.00. The smallest absolute Gasteiger partial charge is 0.201 e. The summed E-state index contributed by atoms with van der Waals surface area (Å²) >= 11 is 0. The number of hydrogen-bond donors (Lipinski definition) is 5. The molecule has 1 aliphatic rings. The van der Waals surface area contributed by atoms with Crippen LogP contribution < -0.4 is 0 Å². The van der Waals surface area contributed by atoms with Crippen molar-refractivity contribution in [3.8, 4) is 28.7 Å².